The van der Waals surface area contributed by atoms with Crippen molar-refractivity contribution in [3.8, 4) is 0 Å². The molecule has 0 saturated heterocycles. The van der Waals surface area contributed by atoms with Crippen molar-refractivity contribution in [3.63, 3.8) is 0 Å². The molecule has 1 N–H and O–H groups in total. The van der Waals surface area contributed by atoms with E-state index in [0.717, 1.165) is 30.7 Å². The number of nitrogens with one attached hydrogen (secondary N) is 1. The van der Waals surface area contributed by atoms with Gasteiger partial charge in [0, 0.05) is 5.39 Å². The summed E-state index contributed by atoms with van der Waals surface area (Å²) < 4.78 is 5.99. The van der Waals surface area contributed by atoms with Crippen LogP contribution in [0.3, 0.4) is 0 Å². The normalized spacial score (nSPS) is 13.3. The molecule has 0 amide bonds. The summed E-state index contributed by atoms with van der Waals surface area (Å²) in [5.41, 5.74) is 2.37. The van der Waals surface area contributed by atoms with Crippen molar-refractivity contribution >= 4 is 11.0 Å². The predicted octanol–water partition coefficient (Wildman–Crippen LogP) is 5.01. The molecule has 1 atom stereocenters. The van der Waals surface area contributed by atoms with Crippen LogP contribution in [0, 0.1) is 0 Å². The van der Waals surface area contributed by atoms with Gasteiger partial charge in [-0.1, -0.05) is 33.8 Å². The zero-order valence-corrected chi connectivity index (χ0v) is 12.5. The lowest BCUT2D eigenvalue weighted by molar-refractivity contribution is 0.421. The van der Waals surface area contributed by atoms with Crippen molar-refractivity contribution < 1.29 is 4.42 Å². The van der Waals surface area contributed by atoms with Gasteiger partial charge in [0.25, 0.3) is 0 Å². The molecule has 19 heavy (non-hydrogen) atoms. The molecular weight excluding hydrogens is 234 g/mol. The molecule has 2 heteroatoms. The predicted molar refractivity (Wildman–Crippen MR) is 81.6 cm³/mol. The Balaban J connectivity index is 2.29. The highest BCUT2D eigenvalue weighted by Gasteiger charge is 2.14. The summed E-state index contributed by atoms with van der Waals surface area (Å²) in [5, 5.41) is 4.76. The highest BCUT2D eigenvalue weighted by molar-refractivity contribution is 5.79. The lowest BCUT2D eigenvalue weighted by atomic mass is 10.0. The van der Waals surface area contributed by atoms with E-state index in [2.05, 4.69) is 57.3 Å². The monoisotopic (exact) mass is 259 g/mol. The van der Waals surface area contributed by atoms with Crippen LogP contribution in [0.2, 0.25) is 0 Å². The number of hydrogen-bond acceptors (Lipinski definition) is 2. The van der Waals surface area contributed by atoms with E-state index in [4.69, 9.17) is 4.42 Å². The van der Waals surface area contributed by atoms with Gasteiger partial charge < -0.3 is 9.73 Å². The zero-order chi connectivity index (χ0) is 13.8. The fourth-order valence-electron chi connectivity index (χ4n) is 2.38. The average Bonchev–Trinajstić information content (AvgIpc) is 2.82. The van der Waals surface area contributed by atoms with Crippen LogP contribution >= 0.6 is 0 Å². The van der Waals surface area contributed by atoms with Crippen LogP contribution in [0.4, 0.5) is 0 Å². The van der Waals surface area contributed by atoms with Gasteiger partial charge >= 0.3 is 0 Å². The fraction of sp³-hybridized carbons (Fsp3) is 0.529. The summed E-state index contributed by atoms with van der Waals surface area (Å²) in [6, 6.07) is 9.04. The van der Waals surface area contributed by atoms with E-state index in [9.17, 15) is 0 Å². The van der Waals surface area contributed by atoms with Crippen LogP contribution in [0.15, 0.2) is 28.7 Å². The van der Waals surface area contributed by atoms with Crippen LogP contribution in [0.5, 0.6) is 0 Å². The van der Waals surface area contributed by atoms with Crippen molar-refractivity contribution in [2.45, 2.75) is 52.5 Å². The fourth-order valence-corrected chi connectivity index (χ4v) is 2.38. The molecule has 0 aliphatic heterocycles. The lowest BCUT2D eigenvalue weighted by Gasteiger charge is -2.13. The molecule has 1 aromatic heterocycles. The number of furan rings is 1. The van der Waals surface area contributed by atoms with Crippen LogP contribution in [0.25, 0.3) is 11.0 Å². The molecule has 0 fully saturated rings. The number of benzene rings is 1. The van der Waals surface area contributed by atoms with Gasteiger partial charge in [0.2, 0.25) is 0 Å². The van der Waals surface area contributed by atoms with Crippen molar-refractivity contribution in [2.24, 2.45) is 0 Å². The van der Waals surface area contributed by atoms with Crippen molar-refractivity contribution in [1.29, 1.82) is 0 Å². The van der Waals surface area contributed by atoms with Gasteiger partial charge in [-0.3, -0.25) is 0 Å². The van der Waals surface area contributed by atoms with Gasteiger partial charge in [0.15, 0.2) is 0 Å². The third-order valence-electron chi connectivity index (χ3n) is 3.62. The summed E-state index contributed by atoms with van der Waals surface area (Å²) in [6.07, 6.45) is 2.20. The first-order chi connectivity index (χ1) is 9.15. The second-order valence-electron chi connectivity index (χ2n) is 5.52. The second-order valence-corrected chi connectivity index (χ2v) is 5.52. The smallest absolute Gasteiger partial charge is 0.134 e. The van der Waals surface area contributed by atoms with E-state index >= 15 is 0 Å². The van der Waals surface area contributed by atoms with Gasteiger partial charge in [-0.05, 0) is 49.1 Å². The van der Waals surface area contributed by atoms with Crippen LogP contribution in [0.1, 0.15) is 63.8 Å². The molecule has 1 unspecified atom stereocenters. The molecule has 2 rings (SSSR count). The molecular formula is C17H25NO. The van der Waals surface area contributed by atoms with E-state index in [0.29, 0.717) is 12.0 Å². The standard InChI is InChI=1S/C17H25NO/c1-5-9-18-15(6-2)17-11-14-10-13(12(3)4)7-8-16(14)19-17/h7-8,10-12,15,18H,5-6,9H2,1-4H3. The Bertz CT molecular complexity index is 527. The highest BCUT2D eigenvalue weighted by Crippen LogP contribution is 2.28. The Morgan fingerprint density at radius 2 is 1.95 bits per heavy atom. The summed E-state index contributed by atoms with van der Waals surface area (Å²) in [4.78, 5) is 0. The quantitative estimate of drug-likeness (QED) is 0.789. The van der Waals surface area contributed by atoms with Gasteiger partial charge in [-0.15, -0.1) is 0 Å². The Morgan fingerprint density at radius 1 is 1.16 bits per heavy atom. The van der Waals surface area contributed by atoms with Crippen LogP contribution in [-0.2, 0) is 0 Å². The molecule has 2 aromatic rings. The maximum Gasteiger partial charge on any atom is 0.134 e. The molecule has 104 valence electrons. The zero-order valence-electron chi connectivity index (χ0n) is 12.5. The minimum Gasteiger partial charge on any atom is -0.459 e. The van der Waals surface area contributed by atoms with Gasteiger partial charge in [-0.25, -0.2) is 0 Å². The van der Waals surface area contributed by atoms with Gasteiger partial charge in [0.1, 0.15) is 11.3 Å². The van der Waals surface area contributed by atoms with Gasteiger partial charge in [-0.2, -0.15) is 0 Å². The molecule has 2 nitrogen and oxygen atoms in total. The first-order valence-corrected chi connectivity index (χ1v) is 7.42. The van der Waals surface area contributed by atoms with Crippen molar-refractivity contribution in [3.05, 3.63) is 35.6 Å². The second kappa shape index (κ2) is 6.25. The molecule has 1 aromatic carbocycles. The van der Waals surface area contributed by atoms with Crippen LogP contribution < -0.4 is 5.32 Å². The Kier molecular flexibility index (Phi) is 4.65. The number of fused-ring (bicyclic) bond motifs is 1. The molecule has 0 aliphatic carbocycles. The van der Waals surface area contributed by atoms with Crippen molar-refractivity contribution in [2.75, 3.05) is 6.54 Å². The molecule has 0 bridgehead atoms. The minimum absolute atomic E-state index is 0.329. The number of rotatable bonds is 6. The van der Waals surface area contributed by atoms with Gasteiger partial charge in [0.05, 0.1) is 6.04 Å². The summed E-state index contributed by atoms with van der Waals surface area (Å²) >= 11 is 0. The summed E-state index contributed by atoms with van der Waals surface area (Å²) in [7, 11) is 0. The van der Waals surface area contributed by atoms with E-state index in [1.165, 1.54) is 10.9 Å². The Labute approximate surface area is 116 Å². The minimum atomic E-state index is 0.329. The van der Waals surface area contributed by atoms with E-state index in [1.807, 2.05) is 0 Å². The van der Waals surface area contributed by atoms with E-state index in [1.54, 1.807) is 0 Å². The maximum atomic E-state index is 5.99. The third kappa shape index (κ3) is 3.19. The Morgan fingerprint density at radius 3 is 2.58 bits per heavy atom. The first-order valence-electron chi connectivity index (χ1n) is 7.42. The lowest BCUT2D eigenvalue weighted by Crippen LogP contribution is -2.20. The topological polar surface area (TPSA) is 25.2 Å². The first kappa shape index (κ1) is 14.1. The molecule has 1 heterocycles. The Hall–Kier alpha value is -1.28. The largest absolute Gasteiger partial charge is 0.459 e. The van der Waals surface area contributed by atoms with E-state index in [-0.39, 0.29) is 0 Å². The molecule has 0 aliphatic rings. The third-order valence-corrected chi connectivity index (χ3v) is 3.62. The molecule has 0 saturated carbocycles. The summed E-state index contributed by atoms with van der Waals surface area (Å²) in [6.45, 7) is 9.86. The highest BCUT2D eigenvalue weighted by atomic mass is 16.3. The SMILES string of the molecule is CCCNC(CC)c1cc2cc(C(C)C)ccc2o1. The number of hydrogen-bond donors (Lipinski definition) is 1. The van der Waals surface area contributed by atoms with E-state index < -0.39 is 0 Å². The molecule has 0 radical (unpaired) electrons. The van der Waals surface area contributed by atoms with Crippen molar-refractivity contribution in [1.82, 2.24) is 5.32 Å². The van der Waals surface area contributed by atoms with Crippen LogP contribution in [-0.4, -0.2) is 6.54 Å². The molecule has 0 spiro atoms. The maximum absolute atomic E-state index is 5.99. The summed E-state index contributed by atoms with van der Waals surface area (Å²) in [5.74, 6) is 1.62. The average molecular weight is 259 g/mol.